The number of amides is 2. The summed E-state index contributed by atoms with van der Waals surface area (Å²) in [5.74, 6) is -2.36. The molecule has 1 aliphatic rings. The number of hydrogen-bond acceptors (Lipinski definition) is 3. The summed E-state index contributed by atoms with van der Waals surface area (Å²) in [6, 6.07) is 10.1. The van der Waals surface area contributed by atoms with Gasteiger partial charge in [0.05, 0.1) is 7.11 Å². The average Bonchev–Trinajstić information content (AvgIpc) is 3.21. The molecule has 2 aromatic carbocycles. The van der Waals surface area contributed by atoms with E-state index in [2.05, 4.69) is 5.32 Å². The van der Waals surface area contributed by atoms with Gasteiger partial charge in [0.1, 0.15) is 29.0 Å². The average molecular weight is 416 g/mol. The van der Waals surface area contributed by atoms with Crippen LogP contribution in [-0.4, -0.2) is 43.0 Å². The summed E-state index contributed by atoms with van der Waals surface area (Å²) in [5.41, 5.74) is 0.443. The van der Waals surface area contributed by atoms with Gasteiger partial charge in [0, 0.05) is 19.0 Å². The van der Waals surface area contributed by atoms with Crippen molar-refractivity contribution < 1.29 is 23.1 Å². The zero-order valence-corrected chi connectivity index (χ0v) is 17.3. The maximum Gasteiger partial charge on any atom is 0.257 e. The molecule has 1 fully saturated rings. The first kappa shape index (κ1) is 21.7. The smallest absolute Gasteiger partial charge is 0.257 e. The SMILES string of the molecule is COc1ccc(C2CCN(C(=O)C(NC(=O)c3c(F)cccc3F)C(C)C)C2)cc1. The predicted molar refractivity (Wildman–Crippen MR) is 109 cm³/mol. The van der Waals surface area contributed by atoms with Gasteiger partial charge < -0.3 is 15.0 Å². The zero-order valence-electron chi connectivity index (χ0n) is 17.3. The largest absolute Gasteiger partial charge is 0.497 e. The number of carbonyl (C=O) groups excluding carboxylic acids is 2. The van der Waals surface area contributed by atoms with E-state index in [1.54, 1.807) is 25.9 Å². The van der Waals surface area contributed by atoms with Crippen molar-refractivity contribution >= 4 is 11.8 Å². The molecule has 0 saturated carbocycles. The van der Waals surface area contributed by atoms with Gasteiger partial charge in [-0.1, -0.05) is 32.0 Å². The summed E-state index contributed by atoms with van der Waals surface area (Å²) >= 11 is 0. The standard InChI is InChI=1S/C23H26F2N2O3/c1-14(2)21(26-22(28)20-18(24)5-4-6-19(20)25)23(29)27-12-11-16(13-27)15-7-9-17(30-3)10-8-15/h4-10,14,16,21H,11-13H2,1-3H3,(H,26,28). The molecule has 160 valence electrons. The monoisotopic (exact) mass is 416 g/mol. The fourth-order valence-electron chi connectivity index (χ4n) is 3.75. The highest BCUT2D eigenvalue weighted by Crippen LogP contribution is 2.29. The van der Waals surface area contributed by atoms with Crippen molar-refractivity contribution in [1.29, 1.82) is 0 Å². The van der Waals surface area contributed by atoms with Gasteiger partial charge >= 0.3 is 0 Å². The molecule has 3 rings (SSSR count). The third kappa shape index (κ3) is 4.61. The Labute approximate surface area is 175 Å². The third-order valence-electron chi connectivity index (χ3n) is 5.50. The maximum absolute atomic E-state index is 13.9. The number of hydrogen-bond donors (Lipinski definition) is 1. The molecule has 2 atom stereocenters. The van der Waals surface area contributed by atoms with Crippen molar-refractivity contribution in [3.8, 4) is 5.75 Å². The summed E-state index contributed by atoms with van der Waals surface area (Å²) in [6.07, 6.45) is 0.804. The minimum Gasteiger partial charge on any atom is -0.497 e. The maximum atomic E-state index is 13.9. The number of nitrogens with one attached hydrogen (secondary N) is 1. The van der Waals surface area contributed by atoms with Crippen LogP contribution in [0.2, 0.25) is 0 Å². The lowest BCUT2D eigenvalue weighted by Crippen LogP contribution is -2.51. The summed E-state index contributed by atoms with van der Waals surface area (Å²) < 4.78 is 33.1. The number of halogens is 2. The second-order valence-corrected chi connectivity index (χ2v) is 7.83. The molecule has 2 aromatic rings. The fraction of sp³-hybridized carbons (Fsp3) is 0.391. The van der Waals surface area contributed by atoms with Crippen LogP contribution in [0.15, 0.2) is 42.5 Å². The number of ether oxygens (including phenoxy) is 1. The Morgan fingerprint density at radius 3 is 2.30 bits per heavy atom. The molecule has 0 aliphatic carbocycles. The Hall–Kier alpha value is -2.96. The van der Waals surface area contributed by atoms with Crippen LogP contribution < -0.4 is 10.1 Å². The Morgan fingerprint density at radius 2 is 1.73 bits per heavy atom. The number of methoxy groups -OCH3 is 1. The van der Waals surface area contributed by atoms with Gasteiger partial charge in [-0.2, -0.15) is 0 Å². The Morgan fingerprint density at radius 1 is 1.10 bits per heavy atom. The molecule has 0 aromatic heterocycles. The number of rotatable bonds is 6. The lowest BCUT2D eigenvalue weighted by atomic mass is 9.98. The quantitative estimate of drug-likeness (QED) is 0.781. The summed E-state index contributed by atoms with van der Waals surface area (Å²) in [5, 5.41) is 2.53. The van der Waals surface area contributed by atoms with Gasteiger partial charge in [0.2, 0.25) is 5.91 Å². The van der Waals surface area contributed by atoms with Crippen LogP contribution in [0.1, 0.15) is 42.1 Å². The Balaban J connectivity index is 1.70. The van der Waals surface area contributed by atoms with E-state index in [1.165, 1.54) is 6.07 Å². The van der Waals surface area contributed by atoms with Gasteiger partial charge in [0.15, 0.2) is 0 Å². The van der Waals surface area contributed by atoms with Gasteiger partial charge in [-0.3, -0.25) is 9.59 Å². The van der Waals surface area contributed by atoms with Crippen molar-refractivity contribution in [3.05, 3.63) is 65.2 Å². The van der Waals surface area contributed by atoms with Crippen LogP contribution >= 0.6 is 0 Å². The van der Waals surface area contributed by atoms with Crippen LogP contribution in [0.5, 0.6) is 5.75 Å². The molecule has 1 aliphatic heterocycles. The van der Waals surface area contributed by atoms with E-state index >= 15 is 0 Å². The molecule has 5 nitrogen and oxygen atoms in total. The second kappa shape index (κ2) is 9.24. The summed E-state index contributed by atoms with van der Waals surface area (Å²) in [4.78, 5) is 27.3. The van der Waals surface area contributed by atoms with E-state index in [-0.39, 0.29) is 17.7 Å². The highest BCUT2D eigenvalue weighted by Gasteiger charge is 2.34. The molecular formula is C23H26F2N2O3. The van der Waals surface area contributed by atoms with E-state index in [4.69, 9.17) is 4.74 Å². The van der Waals surface area contributed by atoms with Gasteiger partial charge in [0.25, 0.3) is 5.91 Å². The van der Waals surface area contributed by atoms with Gasteiger partial charge in [-0.25, -0.2) is 8.78 Å². The van der Waals surface area contributed by atoms with E-state index < -0.39 is 29.1 Å². The molecule has 0 radical (unpaired) electrons. The van der Waals surface area contributed by atoms with E-state index in [0.717, 1.165) is 29.9 Å². The topological polar surface area (TPSA) is 58.6 Å². The first-order chi connectivity index (χ1) is 14.3. The van der Waals surface area contributed by atoms with Crippen LogP contribution in [0.25, 0.3) is 0 Å². The van der Waals surface area contributed by atoms with Crippen LogP contribution in [-0.2, 0) is 4.79 Å². The van der Waals surface area contributed by atoms with Gasteiger partial charge in [-0.15, -0.1) is 0 Å². The minimum absolute atomic E-state index is 0.187. The van der Waals surface area contributed by atoms with Gasteiger partial charge in [-0.05, 0) is 42.2 Å². The highest BCUT2D eigenvalue weighted by molar-refractivity contribution is 5.98. The fourth-order valence-corrected chi connectivity index (χ4v) is 3.75. The lowest BCUT2D eigenvalue weighted by molar-refractivity contribution is -0.133. The molecule has 1 heterocycles. The second-order valence-electron chi connectivity index (χ2n) is 7.83. The number of likely N-dealkylation sites (tertiary alicyclic amines) is 1. The first-order valence-corrected chi connectivity index (χ1v) is 9.99. The van der Waals surface area contributed by atoms with E-state index in [0.29, 0.717) is 13.1 Å². The van der Waals surface area contributed by atoms with Crippen LogP contribution in [0.3, 0.4) is 0 Å². The highest BCUT2D eigenvalue weighted by atomic mass is 19.1. The molecule has 30 heavy (non-hydrogen) atoms. The number of carbonyl (C=O) groups is 2. The summed E-state index contributed by atoms with van der Waals surface area (Å²) in [6.45, 7) is 4.66. The van der Waals surface area contributed by atoms with Crippen LogP contribution in [0, 0.1) is 17.6 Å². The molecule has 0 spiro atoms. The zero-order chi connectivity index (χ0) is 21.8. The van der Waals surface area contributed by atoms with Crippen molar-refractivity contribution in [1.82, 2.24) is 10.2 Å². The summed E-state index contributed by atoms with van der Waals surface area (Å²) in [7, 11) is 1.61. The molecule has 7 heteroatoms. The van der Waals surface area contributed by atoms with Crippen molar-refractivity contribution in [2.24, 2.45) is 5.92 Å². The molecular weight excluding hydrogens is 390 g/mol. The predicted octanol–water partition coefficient (Wildman–Crippen LogP) is 3.74. The molecule has 2 amide bonds. The molecule has 2 unspecified atom stereocenters. The van der Waals surface area contributed by atoms with Crippen molar-refractivity contribution in [2.75, 3.05) is 20.2 Å². The first-order valence-electron chi connectivity index (χ1n) is 9.99. The lowest BCUT2D eigenvalue weighted by Gasteiger charge is -2.27. The molecule has 1 N–H and O–H groups in total. The van der Waals surface area contributed by atoms with Crippen LogP contribution in [0.4, 0.5) is 8.78 Å². The minimum atomic E-state index is -0.955. The van der Waals surface area contributed by atoms with E-state index in [1.807, 2.05) is 24.3 Å². The third-order valence-corrected chi connectivity index (χ3v) is 5.50. The Kier molecular flexibility index (Phi) is 6.70. The number of nitrogens with zero attached hydrogens (tertiary/aromatic N) is 1. The molecule has 1 saturated heterocycles. The van der Waals surface area contributed by atoms with Crippen molar-refractivity contribution in [3.63, 3.8) is 0 Å². The normalized spacial score (nSPS) is 17.1. The Bertz CT molecular complexity index is 895. The number of benzene rings is 2. The molecule has 0 bridgehead atoms. The van der Waals surface area contributed by atoms with E-state index in [9.17, 15) is 18.4 Å². The van der Waals surface area contributed by atoms with Crippen molar-refractivity contribution in [2.45, 2.75) is 32.2 Å².